The maximum Gasteiger partial charge on any atom is 0.188 e. The Morgan fingerprint density at radius 3 is 2.47 bits per heavy atom. The highest BCUT2D eigenvalue weighted by Gasteiger charge is 2.27. The van der Waals surface area contributed by atoms with E-state index in [1.807, 2.05) is 6.92 Å². The van der Waals surface area contributed by atoms with Crippen LogP contribution in [0, 0.1) is 0 Å². The van der Waals surface area contributed by atoms with Crippen molar-refractivity contribution >= 4 is 5.96 Å². The normalized spacial score (nSPS) is 22.1. The van der Waals surface area contributed by atoms with Gasteiger partial charge in [-0.15, -0.1) is 0 Å². The van der Waals surface area contributed by atoms with Crippen LogP contribution < -0.4 is 11.1 Å². The quantitative estimate of drug-likeness (QED) is 0.372. The van der Waals surface area contributed by atoms with Crippen molar-refractivity contribution in [3.8, 4) is 0 Å². The Bertz CT molecular complexity index is 208. The van der Waals surface area contributed by atoms with Crippen LogP contribution in [0.3, 0.4) is 0 Å². The number of rotatable bonds is 3. The lowest BCUT2D eigenvalue weighted by Crippen LogP contribution is -2.36. The van der Waals surface area contributed by atoms with Crippen LogP contribution in [0.2, 0.25) is 0 Å². The molecule has 0 spiro atoms. The Morgan fingerprint density at radius 1 is 1.33 bits per heavy atom. The molecule has 0 aromatic heterocycles. The molecule has 1 rings (SSSR count). The van der Waals surface area contributed by atoms with Gasteiger partial charge >= 0.3 is 0 Å². The molecule has 0 unspecified atom stereocenters. The summed E-state index contributed by atoms with van der Waals surface area (Å²) in [4.78, 5) is 4.18. The molecule has 15 heavy (non-hydrogen) atoms. The van der Waals surface area contributed by atoms with Crippen molar-refractivity contribution in [2.75, 3.05) is 13.1 Å². The van der Waals surface area contributed by atoms with Crippen LogP contribution in [0.4, 0.5) is 0 Å². The van der Waals surface area contributed by atoms with Crippen LogP contribution in [-0.4, -0.2) is 29.8 Å². The third-order valence-corrected chi connectivity index (χ3v) is 2.94. The lowest BCUT2D eigenvalue weighted by atomic mass is 9.95. The smallest absolute Gasteiger partial charge is 0.188 e. The molecule has 0 aromatic carbocycles. The molecular formula is C11H23N3O. The zero-order chi connectivity index (χ0) is 11.1. The molecule has 0 heterocycles. The lowest BCUT2D eigenvalue weighted by Gasteiger charge is -2.24. The molecule has 0 atom stereocenters. The van der Waals surface area contributed by atoms with Crippen LogP contribution in [0.5, 0.6) is 0 Å². The third kappa shape index (κ3) is 4.51. The van der Waals surface area contributed by atoms with Crippen LogP contribution in [0.1, 0.15) is 45.4 Å². The number of hydrogen-bond donors (Lipinski definition) is 3. The van der Waals surface area contributed by atoms with Crippen molar-refractivity contribution in [1.82, 2.24) is 5.32 Å². The maximum absolute atomic E-state index is 10.3. The average Bonchev–Trinajstić information content (AvgIpc) is 2.42. The summed E-state index contributed by atoms with van der Waals surface area (Å²) in [6.45, 7) is 3.18. The Balaban J connectivity index is 2.43. The molecule has 0 aromatic rings. The van der Waals surface area contributed by atoms with Crippen LogP contribution in [0.15, 0.2) is 4.99 Å². The summed E-state index contributed by atoms with van der Waals surface area (Å²) in [6.07, 6.45) is 6.38. The Kier molecular flexibility index (Phi) is 4.88. The monoisotopic (exact) mass is 213 g/mol. The highest BCUT2D eigenvalue weighted by molar-refractivity contribution is 5.77. The molecule has 88 valence electrons. The molecule has 1 saturated carbocycles. The molecule has 4 N–H and O–H groups in total. The van der Waals surface area contributed by atoms with Crippen molar-refractivity contribution in [3.05, 3.63) is 0 Å². The zero-order valence-electron chi connectivity index (χ0n) is 9.63. The fourth-order valence-corrected chi connectivity index (χ4v) is 2.01. The van der Waals surface area contributed by atoms with E-state index in [0.29, 0.717) is 12.5 Å². The minimum atomic E-state index is -0.615. The molecular weight excluding hydrogens is 190 g/mol. The molecule has 1 aliphatic carbocycles. The number of hydrogen-bond acceptors (Lipinski definition) is 2. The second kappa shape index (κ2) is 5.95. The molecule has 0 radical (unpaired) electrons. The predicted octanol–water partition coefficient (Wildman–Crippen LogP) is 0.996. The second-order valence-electron chi connectivity index (χ2n) is 4.37. The molecule has 1 fully saturated rings. The van der Waals surface area contributed by atoms with E-state index in [1.54, 1.807) is 0 Å². The maximum atomic E-state index is 10.3. The number of aliphatic imine (C=N–C) groups is 1. The molecule has 4 nitrogen and oxygen atoms in total. The SMILES string of the molecule is CCNC(N)=NCC1(O)CCCCCC1. The first-order chi connectivity index (χ1) is 7.16. The Labute approximate surface area is 92.0 Å². The van der Waals surface area contributed by atoms with Gasteiger partial charge in [-0.25, -0.2) is 0 Å². The molecule has 0 saturated heterocycles. The van der Waals surface area contributed by atoms with Crippen LogP contribution in [0.25, 0.3) is 0 Å². The predicted molar refractivity (Wildman–Crippen MR) is 62.8 cm³/mol. The highest BCUT2D eigenvalue weighted by atomic mass is 16.3. The third-order valence-electron chi connectivity index (χ3n) is 2.94. The zero-order valence-corrected chi connectivity index (χ0v) is 9.63. The van der Waals surface area contributed by atoms with Gasteiger partial charge in [-0.2, -0.15) is 0 Å². The summed E-state index contributed by atoms with van der Waals surface area (Å²) in [5.74, 6) is 0.440. The van der Waals surface area contributed by atoms with E-state index in [9.17, 15) is 5.11 Å². The summed E-state index contributed by atoms with van der Waals surface area (Å²) >= 11 is 0. The second-order valence-corrected chi connectivity index (χ2v) is 4.37. The van der Waals surface area contributed by atoms with Gasteiger partial charge in [-0.1, -0.05) is 25.7 Å². The van der Waals surface area contributed by atoms with Gasteiger partial charge in [-0.3, -0.25) is 4.99 Å². The van der Waals surface area contributed by atoms with Gasteiger partial charge in [0.05, 0.1) is 12.1 Å². The van der Waals surface area contributed by atoms with Gasteiger partial charge < -0.3 is 16.2 Å². The fraction of sp³-hybridized carbons (Fsp3) is 0.909. The Hall–Kier alpha value is -0.770. The fourth-order valence-electron chi connectivity index (χ4n) is 2.01. The molecule has 4 heteroatoms. The molecule has 0 amide bonds. The van der Waals surface area contributed by atoms with E-state index in [4.69, 9.17) is 5.73 Å². The number of nitrogens with one attached hydrogen (secondary N) is 1. The van der Waals surface area contributed by atoms with Gasteiger partial charge in [0.25, 0.3) is 0 Å². The van der Waals surface area contributed by atoms with Crippen LogP contribution in [-0.2, 0) is 0 Å². The number of nitrogens with zero attached hydrogens (tertiary/aromatic N) is 1. The first-order valence-corrected chi connectivity index (χ1v) is 5.92. The molecule has 0 bridgehead atoms. The number of nitrogens with two attached hydrogens (primary N) is 1. The van der Waals surface area contributed by atoms with E-state index >= 15 is 0 Å². The summed E-state index contributed by atoms with van der Waals surface area (Å²) in [5, 5.41) is 13.2. The van der Waals surface area contributed by atoms with E-state index in [0.717, 1.165) is 32.2 Å². The summed E-state index contributed by atoms with van der Waals surface area (Å²) < 4.78 is 0. The minimum absolute atomic E-state index is 0.436. The van der Waals surface area contributed by atoms with Gasteiger partial charge in [0.1, 0.15) is 0 Å². The van der Waals surface area contributed by atoms with Crippen molar-refractivity contribution in [3.63, 3.8) is 0 Å². The van der Waals surface area contributed by atoms with Gasteiger partial charge in [0.15, 0.2) is 5.96 Å². The van der Waals surface area contributed by atoms with Gasteiger partial charge in [0, 0.05) is 6.54 Å². The minimum Gasteiger partial charge on any atom is -0.388 e. The van der Waals surface area contributed by atoms with Crippen molar-refractivity contribution in [2.45, 2.75) is 51.0 Å². The van der Waals surface area contributed by atoms with Crippen molar-refractivity contribution < 1.29 is 5.11 Å². The van der Waals surface area contributed by atoms with E-state index in [1.165, 1.54) is 12.8 Å². The van der Waals surface area contributed by atoms with Crippen LogP contribution >= 0.6 is 0 Å². The molecule has 1 aliphatic rings. The largest absolute Gasteiger partial charge is 0.388 e. The van der Waals surface area contributed by atoms with E-state index in [2.05, 4.69) is 10.3 Å². The topological polar surface area (TPSA) is 70.6 Å². The summed E-state index contributed by atoms with van der Waals surface area (Å²) in [5.41, 5.74) is 5.01. The van der Waals surface area contributed by atoms with E-state index in [-0.39, 0.29) is 0 Å². The van der Waals surface area contributed by atoms with Crippen molar-refractivity contribution in [2.24, 2.45) is 10.7 Å². The molecule has 0 aliphatic heterocycles. The first kappa shape index (κ1) is 12.3. The number of aliphatic hydroxyl groups is 1. The highest BCUT2D eigenvalue weighted by Crippen LogP contribution is 2.27. The lowest BCUT2D eigenvalue weighted by molar-refractivity contribution is 0.0343. The van der Waals surface area contributed by atoms with Gasteiger partial charge in [0.2, 0.25) is 0 Å². The van der Waals surface area contributed by atoms with E-state index < -0.39 is 5.60 Å². The summed E-state index contributed by atoms with van der Waals surface area (Å²) in [7, 11) is 0. The van der Waals surface area contributed by atoms with Crippen molar-refractivity contribution in [1.29, 1.82) is 0 Å². The standard InChI is InChI=1S/C11H23N3O/c1-2-13-10(12)14-9-11(15)7-5-3-4-6-8-11/h15H,2-9H2,1H3,(H3,12,13,14). The number of guanidine groups is 1. The van der Waals surface area contributed by atoms with Gasteiger partial charge in [-0.05, 0) is 19.8 Å². The average molecular weight is 213 g/mol. The first-order valence-electron chi connectivity index (χ1n) is 5.92. The Morgan fingerprint density at radius 2 is 1.93 bits per heavy atom. The summed E-state index contributed by atoms with van der Waals surface area (Å²) in [6, 6.07) is 0.